The third-order valence-electron chi connectivity index (χ3n) is 7.78. The molecule has 0 radical (unpaired) electrons. The molecule has 1 fully saturated rings. The molecule has 9 nitrogen and oxygen atoms in total. The lowest BCUT2D eigenvalue weighted by atomic mass is 9.95. The van der Waals surface area contributed by atoms with Gasteiger partial charge in [0.25, 0.3) is 5.91 Å². The molecule has 3 aromatic rings. The monoisotopic (exact) mass is 620 g/mol. The number of benzene rings is 2. The van der Waals surface area contributed by atoms with Gasteiger partial charge in [0.2, 0.25) is 10.0 Å². The number of amides is 1. The highest BCUT2D eigenvalue weighted by atomic mass is 32.2. The summed E-state index contributed by atoms with van der Waals surface area (Å²) in [5.41, 5.74) is 0.686. The van der Waals surface area contributed by atoms with Gasteiger partial charge in [-0.2, -0.15) is 4.31 Å². The first-order chi connectivity index (χ1) is 19.5. The highest BCUT2D eigenvalue weighted by Gasteiger charge is 2.31. The summed E-state index contributed by atoms with van der Waals surface area (Å²) in [6.07, 6.45) is 6.09. The minimum Gasteiger partial charge on any atom is -0.302 e. The van der Waals surface area contributed by atoms with E-state index in [1.807, 2.05) is 6.92 Å². The smallest absolute Gasteiger partial charge is 0.260 e. The van der Waals surface area contributed by atoms with Gasteiger partial charge in [-0.15, -0.1) is 0 Å². The van der Waals surface area contributed by atoms with Crippen molar-refractivity contribution in [2.75, 3.05) is 43.9 Å². The molecule has 1 heterocycles. The SMILES string of the molecule is CCN(CC)CCN(C(=O)c1ccc(S(=O)(=O)N(CC)C2CCCCC2)cc1)c1nc2c(S(C)(=O)=O)cccc2s1. The van der Waals surface area contributed by atoms with E-state index in [0.717, 1.165) is 51.4 Å². The molecule has 4 rings (SSSR count). The Labute approximate surface area is 248 Å². The normalized spacial score (nSPS) is 15.2. The molecule has 0 bridgehead atoms. The van der Waals surface area contributed by atoms with Gasteiger partial charge in [0.05, 0.1) is 14.5 Å². The summed E-state index contributed by atoms with van der Waals surface area (Å²) >= 11 is 1.26. The largest absolute Gasteiger partial charge is 0.302 e. The third-order valence-corrected chi connectivity index (χ3v) is 12.0. The van der Waals surface area contributed by atoms with Crippen LogP contribution in [0.1, 0.15) is 63.2 Å². The van der Waals surface area contributed by atoms with Gasteiger partial charge in [0, 0.05) is 37.5 Å². The molecule has 1 saturated carbocycles. The van der Waals surface area contributed by atoms with Gasteiger partial charge in [-0.05, 0) is 62.3 Å². The Kier molecular flexibility index (Phi) is 10.2. The topological polar surface area (TPSA) is 108 Å². The molecule has 2 aromatic carbocycles. The van der Waals surface area contributed by atoms with E-state index in [1.54, 1.807) is 33.5 Å². The van der Waals surface area contributed by atoms with Crippen molar-refractivity contribution in [3.63, 3.8) is 0 Å². The molecule has 0 atom stereocenters. The number of likely N-dealkylation sites (N-methyl/N-ethyl adjacent to an activating group) is 1. The van der Waals surface area contributed by atoms with Crippen LogP contribution in [-0.2, 0) is 19.9 Å². The summed E-state index contributed by atoms with van der Waals surface area (Å²) in [7, 11) is -7.21. The number of hydrogen-bond donors (Lipinski definition) is 0. The second-order valence-corrected chi connectivity index (χ2v) is 15.3. The number of carbonyl (C=O) groups is 1. The van der Waals surface area contributed by atoms with Crippen molar-refractivity contribution in [2.24, 2.45) is 0 Å². The van der Waals surface area contributed by atoms with E-state index in [2.05, 4.69) is 23.7 Å². The van der Waals surface area contributed by atoms with Crippen LogP contribution in [0.15, 0.2) is 52.3 Å². The average Bonchev–Trinajstić information content (AvgIpc) is 3.39. The fourth-order valence-corrected chi connectivity index (χ4v) is 9.05. The van der Waals surface area contributed by atoms with Crippen LogP contribution in [0.4, 0.5) is 5.13 Å². The van der Waals surface area contributed by atoms with Crippen LogP contribution >= 0.6 is 11.3 Å². The molecule has 0 aliphatic heterocycles. The molecule has 1 aliphatic carbocycles. The van der Waals surface area contributed by atoms with Crippen molar-refractivity contribution < 1.29 is 21.6 Å². The van der Waals surface area contributed by atoms with Crippen LogP contribution in [0.2, 0.25) is 0 Å². The molecule has 0 N–H and O–H groups in total. The van der Waals surface area contributed by atoms with E-state index >= 15 is 0 Å². The Balaban J connectivity index is 1.67. The maximum Gasteiger partial charge on any atom is 0.260 e. The first kappa shape index (κ1) is 31.6. The molecule has 0 spiro atoms. The zero-order chi connectivity index (χ0) is 29.8. The molecule has 224 valence electrons. The van der Waals surface area contributed by atoms with E-state index < -0.39 is 19.9 Å². The molecular weight excluding hydrogens is 581 g/mol. The number of carbonyl (C=O) groups excluding carboxylic acids is 1. The van der Waals surface area contributed by atoms with Crippen LogP contribution in [0.5, 0.6) is 0 Å². The number of sulfonamides is 1. The first-order valence-electron chi connectivity index (χ1n) is 14.3. The predicted molar refractivity (Wildman–Crippen MR) is 165 cm³/mol. The third kappa shape index (κ3) is 6.99. The van der Waals surface area contributed by atoms with E-state index in [-0.39, 0.29) is 21.7 Å². The molecule has 12 heteroatoms. The summed E-state index contributed by atoms with van der Waals surface area (Å²) in [5.74, 6) is -0.319. The zero-order valence-electron chi connectivity index (χ0n) is 24.2. The molecular formula is C29H40N4O5S3. The summed E-state index contributed by atoms with van der Waals surface area (Å²) in [5, 5.41) is 0.402. The van der Waals surface area contributed by atoms with Crippen LogP contribution < -0.4 is 4.90 Å². The zero-order valence-corrected chi connectivity index (χ0v) is 26.7. The second-order valence-electron chi connectivity index (χ2n) is 10.4. The van der Waals surface area contributed by atoms with E-state index in [1.165, 1.54) is 29.5 Å². The Morgan fingerprint density at radius 3 is 2.15 bits per heavy atom. The van der Waals surface area contributed by atoms with Crippen molar-refractivity contribution in [2.45, 2.75) is 68.7 Å². The number of nitrogens with zero attached hydrogens (tertiary/aromatic N) is 4. The van der Waals surface area contributed by atoms with Crippen molar-refractivity contribution >= 4 is 52.5 Å². The summed E-state index contributed by atoms with van der Waals surface area (Å²) < 4.78 is 54.1. The van der Waals surface area contributed by atoms with E-state index in [9.17, 15) is 21.6 Å². The summed E-state index contributed by atoms with van der Waals surface area (Å²) in [6.45, 7) is 8.96. The van der Waals surface area contributed by atoms with Gasteiger partial charge in [0.15, 0.2) is 15.0 Å². The quantitative estimate of drug-likeness (QED) is 0.279. The van der Waals surface area contributed by atoms with Crippen LogP contribution in [0, 0.1) is 0 Å². The fraction of sp³-hybridized carbons (Fsp3) is 0.517. The molecule has 1 aliphatic rings. The van der Waals surface area contributed by atoms with Crippen LogP contribution in [-0.4, -0.2) is 82.0 Å². The number of rotatable bonds is 12. The maximum atomic E-state index is 13.9. The van der Waals surface area contributed by atoms with Crippen molar-refractivity contribution in [3.8, 4) is 0 Å². The minimum absolute atomic E-state index is 0.00601. The highest BCUT2D eigenvalue weighted by Crippen LogP contribution is 2.34. The Bertz CT molecular complexity index is 1560. The number of para-hydroxylation sites is 1. The first-order valence-corrected chi connectivity index (χ1v) is 18.4. The van der Waals surface area contributed by atoms with Gasteiger partial charge in [-0.1, -0.05) is 57.4 Å². The Morgan fingerprint density at radius 2 is 1.56 bits per heavy atom. The van der Waals surface area contributed by atoms with E-state index in [0.29, 0.717) is 40.5 Å². The lowest BCUT2D eigenvalue weighted by molar-refractivity contribution is 0.0983. The molecule has 0 saturated heterocycles. The average molecular weight is 621 g/mol. The van der Waals surface area contributed by atoms with Crippen LogP contribution in [0.25, 0.3) is 10.2 Å². The van der Waals surface area contributed by atoms with Gasteiger partial charge in [0.1, 0.15) is 5.52 Å². The number of sulfone groups is 1. The molecule has 0 unspecified atom stereocenters. The van der Waals surface area contributed by atoms with Gasteiger partial charge in [-0.25, -0.2) is 21.8 Å². The number of thiazole rings is 1. The summed E-state index contributed by atoms with van der Waals surface area (Å²) in [6, 6.07) is 11.1. The lowest BCUT2D eigenvalue weighted by Gasteiger charge is -2.32. The minimum atomic E-state index is -3.70. The molecule has 41 heavy (non-hydrogen) atoms. The molecule has 1 amide bonds. The predicted octanol–water partition coefficient (Wildman–Crippen LogP) is 5.03. The maximum absolute atomic E-state index is 13.9. The van der Waals surface area contributed by atoms with Gasteiger partial charge < -0.3 is 4.90 Å². The Morgan fingerprint density at radius 1 is 0.902 bits per heavy atom. The fourth-order valence-electron chi connectivity index (χ4n) is 5.45. The Hall–Kier alpha value is -2.38. The van der Waals surface area contributed by atoms with Crippen molar-refractivity contribution in [1.29, 1.82) is 0 Å². The van der Waals surface area contributed by atoms with E-state index in [4.69, 9.17) is 0 Å². The van der Waals surface area contributed by atoms with Gasteiger partial charge in [-0.3, -0.25) is 9.69 Å². The standard InChI is InChI=1S/C29H40N4O5S3/c1-5-31(6-2)20-21-32(29-30-27-25(39-29)14-11-15-26(27)40(4,35)36)28(34)22-16-18-24(19-17-22)41(37,38)33(7-3)23-12-9-8-10-13-23/h11,14-19,23H,5-10,12-13,20-21H2,1-4H3. The van der Waals surface area contributed by atoms with Gasteiger partial charge >= 0.3 is 0 Å². The number of hydrogen-bond acceptors (Lipinski definition) is 8. The number of fused-ring (bicyclic) bond motifs is 1. The number of aromatic nitrogens is 1. The second kappa shape index (κ2) is 13.3. The van der Waals surface area contributed by atoms with Crippen molar-refractivity contribution in [3.05, 3.63) is 48.0 Å². The highest BCUT2D eigenvalue weighted by molar-refractivity contribution is 7.91. The van der Waals surface area contributed by atoms with Crippen molar-refractivity contribution in [1.82, 2.24) is 14.2 Å². The summed E-state index contributed by atoms with van der Waals surface area (Å²) in [4.78, 5) is 22.6. The molecule has 1 aromatic heterocycles. The number of anilines is 1. The van der Waals surface area contributed by atoms with Crippen LogP contribution in [0.3, 0.4) is 0 Å². The lowest BCUT2D eigenvalue weighted by Crippen LogP contribution is -2.41.